The van der Waals surface area contributed by atoms with Gasteiger partial charge in [0.1, 0.15) is 5.75 Å². The van der Waals surface area contributed by atoms with Crippen LogP contribution in [-0.2, 0) is 13.0 Å². The summed E-state index contributed by atoms with van der Waals surface area (Å²) >= 11 is 0. The van der Waals surface area contributed by atoms with Gasteiger partial charge >= 0.3 is 0 Å². The average Bonchev–Trinajstić information content (AvgIpc) is 2.45. The van der Waals surface area contributed by atoms with Crippen LogP contribution in [0.4, 0.5) is 8.78 Å². The van der Waals surface area contributed by atoms with Gasteiger partial charge in [-0.2, -0.15) is 0 Å². The minimum absolute atomic E-state index is 0.107. The number of aromatic hydroxyl groups is 1. The summed E-state index contributed by atoms with van der Waals surface area (Å²) in [7, 11) is 1.68. The highest BCUT2D eigenvalue weighted by Crippen LogP contribution is 2.38. The van der Waals surface area contributed by atoms with Gasteiger partial charge in [-0.15, -0.1) is 0 Å². The van der Waals surface area contributed by atoms with E-state index in [1.807, 2.05) is 0 Å². The van der Waals surface area contributed by atoms with Gasteiger partial charge in [0, 0.05) is 25.7 Å². The summed E-state index contributed by atoms with van der Waals surface area (Å²) in [5, 5.41) is 9.81. The number of halogens is 2. The largest absolute Gasteiger partial charge is 0.507 e. The van der Waals surface area contributed by atoms with E-state index < -0.39 is 5.92 Å². The van der Waals surface area contributed by atoms with E-state index >= 15 is 0 Å². The van der Waals surface area contributed by atoms with Gasteiger partial charge in [-0.05, 0) is 12.1 Å². The van der Waals surface area contributed by atoms with Crippen LogP contribution in [0.3, 0.4) is 0 Å². The molecule has 80 valence electrons. The number of nitrogens with zero attached hydrogens (tertiary/aromatic N) is 1. The molecule has 0 fully saturated rings. The number of fused-ring (bicyclic) bond motifs is 1. The number of hydrogen-bond acceptors (Lipinski definition) is 1. The first-order valence-electron chi connectivity index (χ1n) is 4.56. The molecule has 0 saturated heterocycles. The van der Waals surface area contributed by atoms with E-state index in [0.29, 0.717) is 5.52 Å². The van der Waals surface area contributed by atoms with Crippen LogP contribution in [0.15, 0.2) is 24.4 Å². The number of rotatable bonds is 1. The third-order valence-corrected chi connectivity index (χ3v) is 2.47. The standard InChI is InChI=1S/C11H11F2NO/c1-11(12,13)7-6-14(2)8-4-3-5-9(15)10(7)8/h3-6,15H,1-2H3. The van der Waals surface area contributed by atoms with Crippen molar-refractivity contribution in [3.8, 4) is 5.75 Å². The van der Waals surface area contributed by atoms with Gasteiger partial charge in [0.15, 0.2) is 0 Å². The fourth-order valence-electron chi connectivity index (χ4n) is 1.76. The lowest BCUT2D eigenvalue weighted by Crippen LogP contribution is -2.05. The summed E-state index contributed by atoms with van der Waals surface area (Å²) in [5.74, 6) is -3.05. The molecule has 1 aromatic heterocycles. The zero-order valence-electron chi connectivity index (χ0n) is 8.46. The van der Waals surface area contributed by atoms with Gasteiger partial charge < -0.3 is 9.67 Å². The van der Waals surface area contributed by atoms with E-state index in [1.165, 1.54) is 12.3 Å². The molecule has 0 atom stereocenters. The van der Waals surface area contributed by atoms with E-state index in [-0.39, 0.29) is 16.7 Å². The van der Waals surface area contributed by atoms with E-state index in [9.17, 15) is 13.9 Å². The Morgan fingerprint density at radius 1 is 1.33 bits per heavy atom. The lowest BCUT2D eigenvalue weighted by Gasteiger charge is -2.08. The molecule has 1 aromatic carbocycles. The maximum absolute atomic E-state index is 13.3. The summed E-state index contributed by atoms with van der Waals surface area (Å²) < 4.78 is 28.1. The molecule has 0 radical (unpaired) electrons. The zero-order valence-corrected chi connectivity index (χ0v) is 8.46. The monoisotopic (exact) mass is 211 g/mol. The van der Waals surface area contributed by atoms with Crippen LogP contribution in [0.1, 0.15) is 12.5 Å². The zero-order chi connectivity index (χ0) is 11.2. The first-order chi connectivity index (χ1) is 6.91. The van der Waals surface area contributed by atoms with Crippen LogP contribution in [0, 0.1) is 0 Å². The van der Waals surface area contributed by atoms with Gasteiger partial charge in [0.25, 0.3) is 5.92 Å². The van der Waals surface area contributed by atoms with Crippen molar-refractivity contribution < 1.29 is 13.9 Å². The maximum Gasteiger partial charge on any atom is 0.272 e. The van der Waals surface area contributed by atoms with Crippen molar-refractivity contribution >= 4 is 10.9 Å². The van der Waals surface area contributed by atoms with E-state index in [2.05, 4.69) is 0 Å². The Morgan fingerprint density at radius 2 is 2.00 bits per heavy atom. The minimum atomic E-state index is -2.95. The number of aryl methyl sites for hydroxylation is 1. The number of benzene rings is 1. The van der Waals surface area contributed by atoms with Crippen LogP contribution in [0.5, 0.6) is 5.75 Å². The van der Waals surface area contributed by atoms with Gasteiger partial charge in [0.2, 0.25) is 0 Å². The number of phenols is 1. The minimum Gasteiger partial charge on any atom is -0.507 e. The van der Waals surface area contributed by atoms with Gasteiger partial charge in [-0.25, -0.2) is 8.78 Å². The van der Waals surface area contributed by atoms with Crippen molar-refractivity contribution in [2.75, 3.05) is 0 Å². The molecule has 15 heavy (non-hydrogen) atoms. The molecule has 0 bridgehead atoms. The normalized spacial score (nSPS) is 12.3. The summed E-state index contributed by atoms with van der Waals surface area (Å²) in [6.07, 6.45) is 1.35. The SMILES string of the molecule is Cn1cc(C(C)(F)F)c2c(O)cccc21. The van der Waals surface area contributed by atoms with Gasteiger partial charge in [0.05, 0.1) is 10.9 Å². The molecule has 2 aromatic rings. The summed E-state index contributed by atoms with van der Waals surface area (Å²) in [6, 6.07) is 4.75. The summed E-state index contributed by atoms with van der Waals surface area (Å²) in [6.45, 7) is 0.828. The number of alkyl halides is 2. The molecule has 4 heteroatoms. The molecule has 0 aliphatic heterocycles. The first-order valence-corrected chi connectivity index (χ1v) is 4.56. The molecular weight excluding hydrogens is 200 g/mol. The number of hydrogen-bond donors (Lipinski definition) is 1. The Hall–Kier alpha value is -1.58. The highest BCUT2D eigenvalue weighted by atomic mass is 19.3. The topological polar surface area (TPSA) is 25.2 Å². The second-order valence-electron chi connectivity index (χ2n) is 3.71. The fourth-order valence-corrected chi connectivity index (χ4v) is 1.76. The van der Waals surface area contributed by atoms with Gasteiger partial charge in [-0.3, -0.25) is 0 Å². The summed E-state index contributed by atoms with van der Waals surface area (Å²) in [5.41, 5.74) is 0.463. The molecule has 0 aliphatic carbocycles. The molecule has 1 N–H and O–H groups in total. The lowest BCUT2D eigenvalue weighted by atomic mass is 10.1. The smallest absolute Gasteiger partial charge is 0.272 e. The lowest BCUT2D eigenvalue weighted by molar-refractivity contribution is 0.0188. The first kappa shape index (κ1) is 9.96. The van der Waals surface area contributed by atoms with Crippen LogP contribution in [0.25, 0.3) is 10.9 Å². The van der Waals surface area contributed by atoms with Crippen LogP contribution < -0.4 is 0 Å². The van der Waals surface area contributed by atoms with Crippen molar-refractivity contribution in [1.29, 1.82) is 0 Å². The Bertz CT molecular complexity index is 511. The van der Waals surface area contributed by atoms with E-state index in [1.54, 1.807) is 23.7 Å². The summed E-state index contributed by atoms with van der Waals surface area (Å²) in [4.78, 5) is 0. The number of aromatic nitrogens is 1. The van der Waals surface area contributed by atoms with Crippen molar-refractivity contribution in [3.05, 3.63) is 30.0 Å². The van der Waals surface area contributed by atoms with Crippen molar-refractivity contribution in [3.63, 3.8) is 0 Å². The third-order valence-electron chi connectivity index (χ3n) is 2.47. The third kappa shape index (κ3) is 1.46. The molecule has 2 rings (SSSR count). The van der Waals surface area contributed by atoms with E-state index in [0.717, 1.165) is 6.92 Å². The van der Waals surface area contributed by atoms with Gasteiger partial charge in [-0.1, -0.05) is 6.07 Å². The molecule has 0 spiro atoms. The molecule has 0 saturated carbocycles. The Kier molecular flexibility index (Phi) is 1.96. The van der Waals surface area contributed by atoms with Crippen LogP contribution in [0.2, 0.25) is 0 Å². The molecule has 1 heterocycles. The predicted molar refractivity (Wildman–Crippen MR) is 54.2 cm³/mol. The second kappa shape index (κ2) is 2.95. The Labute approximate surface area is 85.8 Å². The van der Waals surface area contributed by atoms with Crippen molar-refractivity contribution in [2.24, 2.45) is 7.05 Å². The van der Waals surface area contributed by atoms with Crippen molar-refractivity contribution in [2.45, 2.75) is 12.8 Å². The molecule has 0 amide bonds. The quantitative estimate of drug-likeness (QED) is 0.770. The highest BCUT2D eigenvalue weighted by molar-refractivity contribution is 5.90. The maximum atomic E-state index is 13.3. The van der Waals surface area contributed by atoms with E-state index in [4.69, 9.17) is 0 Å². The predicted octanol–water partition coefficient (Wildman–Crippen LogP) is 3.00. The molecule has 0 unspecified atom stereocenters. The van der Waals surface area contributed by atoms with Crippen molar-refractivity contribution in [1.82, 2.24) is 4.57 Å². The molecule has 0 aliphatic rings. The number of phenolic OH excluding ortho intramolecular Hbond substituents is 1. The second-order valence-corrected chi connectivity index (χ2v) is 3.71. The fraction of sp³-hybridized carbons (Fsp3) is 0.273. The van der Waals surface area contributed by atoms with Crippen LogP contribution in [-0.4, -0.2) is 9.67 Å². The highest BCUT2D eigenvalue weighted by Gasteiger charge is 2.29. The molecule has 2 nitrogen and oxygen atoms in total. The average molecular weight is 211 g/mol. The van der Waals surface area contributed by atoms with Crippen LogP contribution >= 0.6 is 0 Å². The Balaban J connectivity index is 2.88. The Morgan fingerprint density at radius 3 is 2.60 bits per heavy atom. The molecular formula is C11H11F2NO.